The van der Waals surface area contributed by atoms with Crippen molar-refractivity contribution >= 4 is 40.5 Å². The molecular weight excluding hydrogens is 477 g/mol. The fourth-order valence-corrected chi connectivity index (χ4v) is 3.04. The van der Waals surface area contributed by atoms with Gasteiger partial charge in [0.2, 0.25) is 0 Å². The molecular formula is C24H22INO3. The summed E-state index contributed by atoms with van der Waals surface area (Å²) < 4.78 is 12.2. The van der Waals surface area contributed by atoms with E-state index in [2.05, 4.69) is 34.5 Å². The van der Waals surface area contributed by atoms with Crippen LogP contribution >= 0.6 is 22.6 Å². The molecule has 0 N–H and O–H groups in total. The third kappa shape index (κ3) is 6.71. The van der Waals surface area contributed by atoms with Crippen LogP contribution in [0.25, 0.3) is 0 Å². The lowest BCUT2D eigenvalue weighted by Gasteiger charge is -2.07. The van der Waals surface area contributed by atoms with Gasteiger partial charge in [-0.3, -0.25) is 4.99 Å². The monoisotopic (exact) mass is 499 g/mol. The Kier molecular flexibility index (Phi) is 7.81. The first-order chi connectivity index (χ1) is 14.1. The van der Waals surface area contributed by atoms with Gasteiger partial charge in [-0.25, -0.2) is 4.79 Å². The van der Waals surface area contributed by atoms with Crippen molar-refractivity contribution in [2.24, 2.45) is 4.99 Å². The SMILES string of the molecule is CCCCOc1ccc(C(=O)Oc2ccc(C=Nc3cccc(I)c3)cc2)cc1. The molecule has 0 fully saturated rings. The summed E-state index contributed by atoms with van der Waals surface area (Å²) >= 11 is 2.26. The Bertz CT molecular complexity index is 966. The second-order valence-corrected chi connectivity index (χ2v) is 7.67. The molecule has 0 heterocycles. The maximum Gasteiger partial charge on any atom is 0.343 e. The molecule has 0 aliphatic heterocycles. The number of benzene rings is 3. The Balaban J connectivity index is 1.57. The predicted octanol–water partition coefficient (Wildman–Crippen LogP) is 6.44. The average Bonchev–Trinajstić information content (AvgIpc) is 2.74. The van der Waals surface area contributed by atoms with Crippen molar-refractivity contribution in [3.63, 3.8) is 0 Å². The molecule has 0 radical (unpaired) electrons. The molecule has 3 aromatic rings. The summed E-state index contributed by atoms with van der Waals surface area (Å²) in [4.78, 5) is 16.8. The standard InChI is InChI=1S/C24H22INO3/c1-2-3-15-28-22-13-9-19(10-14-22)24(27)29-23-11-7-18(8-12-23)17-26-21-6-4-5-20(25)16-21/h4-14,16-17H,2-3,15H2,1H3. The maximum atomic E-state index is 12.3. The van der Waals surface area contributed by atoms with E-state index in [4.69, 9.17) is 9.47 Å². The van der Waals surface area contributed by atoms with Crippen LogP contribution in [0.4, 0.5) is 5.69 Å². The topological polar surface area (TPSA) is 47.9 Å². The molecule has 0 aliphatic rings. The number of hydrogen-bond acceptors (Lipinski definition) is 4. The van der Waals surface area contributed by atoms with Gasteiger partial charge >= 0.3 is 5.97 Å². The minimum atomic E-state index is -0.398. The normalized spacial score (nSPS) is 10.8. The second-order valence-electron chi connectivity index (χ2n) is 6.42. The molecule has 4 nitrogen and oxygen atoms in total. The van der Waals surface area contributed by atoms with Crippen LogP contribution in [0.15, 0.2) is 77.8 Å². The van der Waals surface area contributed by atoms with Crippen LogP contribution in [0.5, 0.6) is 11.5 Å². The van der Waals surface area contributed by atoms with Crippen molar-refractivity contribution in [3.05, 3.63) is 87.5 Å². The van der Waals surface area contributed by atoms with Crippen LogP contribution in [0.1, 0.15) is 35.7 Å². The van der Waals surface area contributed by atoms with Crippen LogP contribution in [0, 0.1) is 3.57 Å². The largest absolute Gasteiger partial charge is 0.494 e. The molecule has 29 heavy (non-hydrogen) atoms. The van der Waals surface area contributed by atoms with E-state index < -0.39 is 5.97 Å². The molecule has 0 aliphatic carbocycles. The number of unbranched alkanes of at least 4 members (excludes halogenated alkanes) is 1. The molecule has 0 saturated carbocycles. The van der Waals surface area contributed by atoms with E-state index >= 15 is 0 Å². The Hall–Kier alpha value is -2.67. The average molecular weight is 499 g/mol. The summed E-state index contributed by atoms with van der Waals surface area (Å²) in [6, 6.07) is 22.2. The zero-order valence-electron chi connectivity index (χ0n) is 16.2. The Morgan fingerprint density at radius 1 is 1.00 bits per heavy atom. The molecule has 0 unspecified atom stereocenters. The van der Waals surface area contributed by atoms with Gasteiger partial charge in [0.15, 0.2) is 0 Å². The third-order valence-corrected chi connectivity index (χ3v) is 4.79. The first-order valence-corrected chi connectivity index (χ1v) is 10.6. The van der Waals surface area contributed by atoms with Crippen molar-refractivity contribution in [2.45, 2.75) is 19.8 Å². The van der Waals surface area contributed by atoms with E-state index in [1.54, 1.807) is 42.6 Å². The molecule has 0 aromatic heterocycles. The molecule has 148 valence electrons. The predicted molar refractivity (Wildman–Crippen MR) is 125 cm³/mol. The fourth-order valence-electron chi connectivity index (χ4n) is 2.51. The number of aliphatic imine (C=N–C) groups is 1. The maximum absolute atomic E-state index is 12.3. The van der Waals surface area contributed by atoms with Crippen molar-refractivity contribution in [3.8, 4) is 11.5 Å². The second kappa shape index (κ2) is 10.8. The Morgan fingerprint density at radius 3 is 2.41 bits per heavy atom. The van der Waals surface area contributed by atoms with Crippen LogP contribution in [-0.4, -0.2) is 18.8 Å². The zero-order chi connectivity index (χ0) is 20.5. The summed E-state index contributed by atoms with van der Waals surface area (Å²) in [6.07, 6.45) is 3.88. The summed E-state index contributed by atoms with van der Waals surface area (Å²) in [5, 5.41) is 0. The lowest BCUT2D eigenvalue weighted by atomic mass is 10.2. The smallest absolute Gasteiger partial charge is 0.343 e. The van der Waals surface area contributed by atoms with Gasteiger partial charge in [0.05, 0.1) is 17.9 Å². The highest BCUT2D eigenvalue weighted by Crippen LogP contribution is 2.18. The summed E-state index contributed by atoms with van der Waals surface area (Å²) in [5.74, 6) is 0.849. The van der Waals surface area contributed by atoms with Crippen molar-refractivity contribution in [1.82, 2.24) is 0 Å². The first-order valence-electron chi connectivity index (χ1n) is 9.49. The third-order valence-electron chi connectivity index (χ3n) is 4.12. The Morgan fingerprint density at radius 2 is 1.72 bits per heavy atom. The van der Waals surface area contributed by atoms with Gasteiger partial charge in [-0.05, 0) is 101 Å². The quantitative estimate of drug-likeness (QED) is 0.118. The number of rotatable bonds is 8. The molecule has 3 aromatic carbocycles. The number of halogens is 1. The summed E-state index contributed by atoms with van der Waals surface area (Å²) in [5.41, 5.74) is 2.31. The minimum absolute atomic E-state index is 0.398. The van der Waals surface area contributed by atoms with E-state index in [0.717, 1.165) is 33.4 Å². The highest BCUT2D eigenvalue weighted by Gasteiger charge is 2.08. The number of nitrogens with zero attached hydrogens (tertiary/aromatic N) is 1. The van der Waals surface area contributed by atoms with Gasteiger partial charge < -0.3 is 9.47 Å². The van der Waals surface area contributed by atoms with Crippen molar-refractivity contribution < 1.29 is 14.3 Å². The highest BCUT2D eigenvalue weighted by molar-refractivity contribution is 14.1. The van der Waals surface area contributed by atoms with E-state index in [1.807, 2.05) is 36.4 Å². The number of carbonyl (C=O) groups excluding carboxylic acids is 1. The van der Waals surface area contributed by atoms with E-state index in [0.29, 0.717) is 17.9 Å². The molecule has 0 spiro atoms. The van der Waals surface area contributed by atoms with Gasteiger partial charge in [0.25, 0.3) is 0 Å². The Labute approximate surface area is 184 Å². The number of hydrogen-bond donors (Lipinski definition) is 0. The van der Waals surface area contributed by atoms with Crippen LogP contribution in [0.3, 0.4) is 0 Å². The van der Waals surface area contributed by atoms with E-state index in [-0.39, 0.29) is 0 Å². The number of esters is 1. The van der Waals surface area contributed by atoms with Gasteiger partial charge in [0, 0.05) is 9.78 Å². The lowest BCUT2D eigenvalue weighted by molar-refractivity contribution is 0.0734. The molecule has 3 rings (SSSR count). The lowest BCUT2D eigenvalue weighted by Crippen LogP contribution is -2.08. The van der Waals surface area contributed by atoms with Gasteiger partial charge in [-0.1, -0.05) is 19.4 Å². The molecule has 0 saturated heterocycles. The molecule has 5 heteroatoms. The fraction of sp³-hybridized carbons (Fsp3) is 0.167. The van der Waals surface area contributed by atoms with Crippen molar-refractivity contribution in [1.29, 1.82) is 0 Å². The van der Waals surface area contributed by atoms with E-state index in [1.165, 1.54) is 0 Å². The number of carbonyl (C=O) groups is 1. The van der Waals surface area contributed by atoms with Gasteiger partial charge in [-0.2, -0.15) is 0 Å². The molecule has 0 bridgehead atoms. The van der Waals surface area contributed by atoms with Crippen LogP contribution in [-0.2, 0) is 0 Å². The first kappa shape index (κ1) is 21.0. The molecule has 0 atom stereocenters. The van der Waals surface area contributed by atoms with Crippen LogP contribution in [0.2, 0.25) is 0 Å². The van der Waals surface area contributed by atoms with Crippen molar-refractivity contribution in [2.75, 3.05) is 6.61 Å². The summed E-state index contributed by atoms with van der Waals surface area (Å²) in [6.45, 7) is 2.80. The van der Waals surface area contributed by atoms with Crippen LogP contribution < -0.4 is 9.47 Å². The molecule has 0 amide bonds. The number of ether oxygens (including phenoxy) is 2. The van der Waals surface area contributed by atoms with Gasteiger partial charge in [0.1, 0.15) is 11.5 Å². The minimum Gasteiger partial charge on any atom is -0.494 e. The zero-order valence-corrected chi connectivity index (χ0v) is 18.3. The highest BCUT2D eigenvalue weighted by atomic mass is 127. The van der Waals surface area contributed by atoms with Gasteiger partial charge in [-0.15, -0.1) is 0 Å². The summed E-state index contributed by atoms with van der Waals surface area (Å²) in [7, 11) is 0. The van der Waals surface area contributed by atoms with E-state index in [9.17, 15) is 4.79 Å².